The van der Waals surface area contributed by atoms with Crippen LogP contribution >= 0.6 is 0 Å². The molecule has 132 valence electrons. The van der Waals surface area contributed by atoms with Crippen LogP contribution in [0.4, 0.5) is 0 Å². The SMILES string of the molecule is C=C(CC)C1CCN(C(=O)CN2C(C)(C)CCCC2(C)C)CC1. The molecule has 0 atom stereocenters. The zero-order valence-electron chi connectivity index (χ0n) is 16.0. The van der Waals surface area contributed by atoms with Gasteiger partial charge in [0.25, 0.3) is 0 Å². The summed E-state index contributed by atoms with van der Waals surface area (Å²) in [7, 11) is 0. The molecule has 3 heteroatoms. The van der Waals surface area contributed by atoms with Gasteiger partial charge in [-0.1, -0.05) is 19.1 Å². The fourth-order valence-corrected chi connectivity index (χ4v) is 4.53. The highest BCUT2D eigenvalue weighted by Crippen LogP contribution is 2.38. The molecule has 2 heterocycles. The second-order valence-corrected chi connectivity index (χ2v) is 8.73. The molecule has 2 rings (SSSR count). The molecule has 2 aliphatic heterocycles. The van der Waals surface area contributed by atoms with Crippen LogP contribution < -0.4 is 0 Å². The van der Waals surface area contributed by atoms with Crippen molar-refractivity contribution in [2.24, 2.45) is 5.92 Å². The molecule has 2 saturated heterocycles. The molecule has 2 aliphatic rings. The third-order valence-electron chi connectivity index (χ3n) is 6.21. The summed E-state index contributed by atoms with van der Waals surface area (Å²) >= 11 is 0. The molecule has 0 spiro atoms. The third kappa shape index (κ3) is 4.17. The van der Waals surface area contributed by atoms with Crippen molar-refractivity contribution in [3.63, 3.8) is 0 Å². The molecular formula is C20H36N2O. The summed E-state index contributed by atoms with van der Waals surface area (Å²) in [6, 6.07) is 0. The van der Waals surface area contributed by atoms with Crippen LogP contribution in [0.15, 0.2) is 12.2 Å². The number of likely N-dealkylation sites (tertiary alicyclic amines) is 2. The first kappa shape index (κ1) is 18.5. The fourth-order valence-electron chi connectivity index (χ4n) is 4.53. The first-order valence-corrected chi connectivity index (χ1v) is 9.40. The van der Waals surface area contributed by atoms with Gasteiger partial charge in [0.2, 0.25) is 5.91 Å². The van der Waals surface area contributed by atoms with Gasteiger partial charge in [-0.05, 0) is 72.1 Å². The number of carbonyl (C=O) groups is 1. The van der Waals surface area contributed by atoms with Gasteiger partial charge in [-0.15, -0.1) is 0 Å². The van der Waals surface area contributed by atoms with Crippen LogP contribution in [-0.2, 0) is 4.79 Å². The van der Waals surface area contributed by atoms with Crippen LogP contribution in [0.2, 0.25) is 0 Å². The highest BCUT2D eigenvalue weighted by Gasteiger charge is 2.42. The molecule has 2 fully saturated rings. The second kappa shape index (κ2) is 6.96. The normalized spacial score (nSPS) is 25.3. The van der Waals surface area contributed by atoms with E-state index in [-0.39, 0.29) is 11.1 Å². The highest BCUT2D eigenvalue weighted by atomic mass is 16.2. The second-order valence-electron chi connectivity index (χ2n) is 8.73. The molecule has 0 aromatic rings. The largest absolute Gasteiger partial charge is 0.342 e. The summed E-state index contributed by atoms with van der Waals surface area (Å²) in [4.78, 5) is 17.4. The fraction of sp³-hybridized carbons (Fsp3) is 0.850. The van der Waals surface area contributed by atoms with E-state index in [1.807, 2.05) is 0 Å². The van der Waals surface area contributed by atoms with E-state index in [2.05, 4.69) is 51.0 Å². The number of amides is 1. The maximum Gasteiger partial charge on any atom is 0.236 e. The molecule has 0 aromatic carbocycles. The van der Waals surface area contributed by atoms with Gasteiger partial charge in [-0.25, -0.2) is 0 Å². The lowest BCUT2D eigenvalue weighted by molar-refractivity contribution is -0.139. The topological polar surface area (TPSA) is 23.6 Å². The van der Waals surface area contributed by atoms with E-state index in [1.165, 1.54) is 24.8 Å². The minimum absolute atomic E-state index is 0.117. The van der Waals surface area contributed by atoms with Gasteiger partial charge < -0.3 is 4.90 Å². The number of allylic oxidation sites excluding steroid dienone is 1. The van der Waals surface area contributed by atoms with Crippen molar-refractivity contribution in [3.05, 3.63) is 12.2 Å². The van der Waals surface area contributed by atoms with Crippen LogP contribution in [0.25, 0.3) is 0 Å². The Labute approximate surface area is 143 Å². The molecule has 23 heavy (non-hydrogen) atoms. The van der Waals surface area contributed by atoms with Crippen LogP contribution in [0.5, 0.6) is 0 Å². The van der Waals surface area contributed by atoms with Crippen LogP contribution in [0.1, 0.15) is 73.1 Å². The van der Waals surface area contributed by atoms with Crippen molar-refractivity contribution in [1.29, 1.82) is 0 Å². The zero-order chi connectivity index (χ0) is 17.3. The van der Waals surface area contributed by atoms with E-state index in [9.17, 15) is 4.79 Å². The lowest BCUT2D eigenvalue weighted by Gasteiger charge is -2.53. The Kier molecular flexibility index (Phi) is 5.60. The summed E-state index contributed by atoms with van der Waals surface area (Å²) in [6.07, 6.45) is 6.87. The van der Waals surface area contributed by atoms with Gasteiger partial charge in [0.1, 0.15) is 0 Å². The lowest BCUT2D eigenvalue weighted by Crippen LogP contribution is -2.61. The maximum absolute atomic E-state index is 12.8. The standard InChI is InChI=1S/C20H36N2O/c1-7-16(2)17-9-13-21(14-10-17)18(23)15-22-19(3,4)11-8-12-20(22,5)6/h17H,2,7-15H2,1,3-6H3. The molecule has 0 saturated carbocycles. The predicted octanol–water partition coefficient (Wildman–Crippen LogP) is 4.23. The molecule has 0 unspecified atom stereocenters. The Morgan fingerprint density at radius 1 is 1.09 bits per heavy atom. The van der Waals surface area contributed by atoms with E-state index >= 15 is 0 Å². The van der Waals surface area contributed by atoms with Crippen molar-refractivity contribution in [3.8, 4) is 0 Å². The maximum atomic E-state index is 12.8. The van der Waals surface area contributed by atoms with Gasteiger partial charge in [-0.2, -0.15) is 0 Å². The van der Waals surface area contributed by atoms with Gasteiger partial charge >= 0.3 is 0 Å². The van der Waals surface area contributed by atoms with E-state index in [1.54, 1.807) is 0 Å². The first-order chi connectivity index (χ1) is 10.7. The predicted molar refractivity (Wildman–Crippen MR) is 97.5 cm³/mol. The average Bonchev–Trinajstić information content (AvgIpc) is 2.49. The highest BCUT2D eigenvalue weighted by molar-refractivity contribution is 5.78. The molecule has 1 amide bonds. The Morgan fingerprint density at radius 3 is 2.09 bits per heavy atom. The van der Waals surface area contributed by atoms with Crippen LogP contribution in [0, 0.1) is 5.92 Å². The summed E-state index contributed by atoms with van der Waals surface area (Å²) in [5.74, 6) is 0.931. The van der Waals surface area contributed by atoms with E-state index < -0.39 is 0 Å². The van der Waals surface area contributed by atoms with E-state index in [4.69, 9.17) is 0 Å². The smallest absolute Gasteiger partial charge is 0.236 e. The third-order valence-corrected chi connectivity index (χ3v) is 6.21. The minimum Gasteiger partial charge on any atom is -0.342 e. The summed E-state index contributed by atoms with van der Waals surface area (Å²) in [5, 5.41) is 0. The molecule has 3 nitrogen and oxygen atoms in total. The Morgan fingerprint density at radius 2 is 1.61 bits per heavy atom. The first-order valence-electron chi connectivity index (χ1n) is 9.40. The van der Waals surface area contributed by atoms with Crippen LogP contribution in [-0.4, -0.2) is 46.4 Å². The summed E-state index contributed by atoms with van der Waals surface area (Å²) in [6.45, 7) is 17.9. The Balaban J connectivity index is 1.95. The van der Waals surface area contributed by atoms with E-state index in [0.717, 1.165) is 32.4 Å². The molecular weight excluding hydrogens is 284 g/mol. The van der Waals surface area contributed by atoms with Gasteiger partial charge in [-0.3, -0.25) is 9.69 Å². The van der Waals surface area contributed by atoms with E-state index in [0.29, 0.717) is 18.4 Å². The van der Waals surface area contributed by atoms with Crippen molar-refractivity contribution < 1.29 is 4.79 Å². The zero-order valence-corrected chi connectivity index (χ0v) is 16.0. The average molecular weight is 321 g/mol. The summed E-state index contributed by atoms with van der Waals surface area (Å²) in [5.41, 5.74) is 1.59. The molecule has 0 aromatic heterocycles. The van der Waals surface area contributed by atoms with Crippen molar-refractivity contribution >= 4 is 5.91 Å². The monoisotopic (exact) mass is 320 g/mol. The minimum atomic E-state index is 0.117. The quantitative estimate of drug-likeness (QED) is 0.724. The molecule has 0 radical (unpaired) electrons. The number of piperidine rings is 2. The number of rotatable bonds is 4. The number of hydrogen-bond donors (Lipinski definition) is 0. The Bertz CT molecular complexity index is 429. The lowest BCUT2D eigenvalue weighted by atomic mass is 9.80. The summed E-state index contributed by atoms with van der Waals surface area (Å²) < 4.78 is 0. The van der Waals surface area contributed by atoms with Crippen LogP contribution in [0.3, 0.4) is 0 Å². The number of carbonyl (C=O) groups excluding carboxylic acids is 1. The van der Waals surface area contributed by atoms with Gasteiger partial charge in [0.15, 0.2) is 0 Å². The van der Waals surface area contributed by atoms with Gasteiger partial charge in [0, 0.05) is 24.2 Å². The molecule has 0 N–H and O–H groups in total. The van der Waals surface area contributed by atoms with Crippen molar-refractivity contribution in [1.82, 2.24) is 9.80 Å². The van der Waals surface area contributed by atoms with Crippen molar-refractivity contribution in [2.75, 3.05) is 19.6 Å². The van der Waals surface area contributed by atoms with Crippen molar-refractivity contribution in [2.45, 2.75) is 84.2 Å². The molecule has 0 aliphatic carbocycles. The Hall–Kier alpha value is -0.830. The number of nitrogens with zero attached hydrogens (tertiary/aromatic N) is 2. The molecule has 0 bridgehead atoms. The number of hydrogen-bond acceptors (Lipinski definition) is 2. The van der Waals surface area contributed by atoms with Gasteiger partial charge in [0.05, 0.1) is 6.54 Å².